The number of rotatable bonds is 6. The Morgan fingerprint density at radius 3 is 2.47 bits per heavy atom. The Balaban J connectivity index is 2.59. The van der Waals surface area contributed by atoms with Gasteiger partial charge in [-0.05, 0) is 37.3 Å². The van der Waals surface area contributed by atoms with Crippen LogP contribution >= 0.6 is 0 Å². The van der Waals surface area contributed by atoms with Crippen molar-refractivity contribution >= 4 is 5.78 Å². The maximum atomic E-state index is 12.1. The van der Waals surface area contributed by atoms with E-state index >= 15 is 0 Å². The van der Waals surface area contributed by atoms with Crippen LogP contribution < -0.4 is 5.73 Å². The zero-order valence-corrected chi connectivity index (χ0v) is 11.1. The Labute approximate surface area is 104 Å². The lowest BCUT2D eigenvalue weighted by Gasteiger charge is -2.23. The van der Waals surface area contributed by atoms with E-state index in [9.17, 15) is 4.79 Å². The molecule has 0 spiro atoms. The highest BCUT2D eigenvalue weighted by Crippen LogP contribution is 2.27. The number of benzene rings is 1. The van der Waals surface area contributed by atoms with Gasteiger partial charge in [-0.15, -0.1) is 0 Å². The summed E-state index contributed by atoms with van der Waals surface area (Å²) in [6, 6.07) is 7.78. The summed E-state index contributed by atoms with van der Waals surface area (Å²) in [6.45, 7) is 7.01. The highest BCUT2D eigenvalue weighted by Gasteiger charge is 2.19. The van der Waals surface area contributed by atoms with Crippen molar-refractivity contribution in [1.82, 2.24) is 0 Å². The largest absolute Gasteiger partial charge is 0.330 e. The summed E-state index contributed by atoms with van der Waals surface area (Å²) in [5, 5.41) is 0. The quantitative estimate of drug-likeness (QED) is 0.766. The number of nitrogens with two attached hydrogens (primary N) is 1. The van der Waals surface area contributed by atoms with Crippen molar-refractivity contribution in [3.63, 3.8) is 0 Å². The van der Waals surface area contributed by atoms with E-state index in [2.05, 4.69) is 13.8 Å². The van der Waals surface area contributed by atoms with Gasteiger partial charge in [-0.1, -0.05) is 38.1 Å². The van der Waals surface area contributed by atoms with Gasteiger partial charge in [0.05, 0.1) is 0 Å². The first-order valence-corrected chi connectivity index (χ1v) is 6.25. The molecule has 2 heteroatoms. The molecule has 0 aliphatic carbocycles. The summed E-state index contributed by atoms with van der Waals surface area (Å²) in [5.41, 5.74) is 7.65. The standard InChI is InChI=1S/C15H23NO/c1-12-6-4-5-7-13(12)14(17)8-9-15(2,3)10-11-16/h4-7H,8-11,16H2,1-3H3. The highest BCUT2D eigenvalue weighted by atomic mass is 16.1. The fourth-order valence-corrected chi connectivity index (χ4v) is 1.99. The molecule has 0 amide bonds. The number of ketones is 1. The van der Waals surface area contributed by atoms with Crippen molar-refractivity contribution in [2.24, 2.45) is 11.1 Å². The second-order valence-electron chi connectivity index (χ2n) is 5.44. The van der Waals surface area contributed by atoms with Crippen molar-refractivity contribution in [3.05, 3.63) is 35.4 Å². The molecule has 0 fully saturated rings. The average molecular weight is 233 g/mol. The molecule has 2 N–H and O–H groups in total. The number of aryl methyl sites for hydroxylation is 1. The molecule has 0 unspecified atom stereocenters. The Morgan fingerprint density at radius 1 is 1.24 bits per heavy atom. The van der Waals surface area contributed by atoms with Crippen LogP contribution in [-0.4, -0.2) is 12.3 Å². The van der Waals surface area contributed by atoms with Crippen LogP contribution in [0.1, 0.15) is 49.0 Å². The molecule has 94 valence electrons. The van der Waals surface area contributed by atoms with Crippen LogP contribution in [0.15, 0.2) is 24.3 Å². The van der Waals surface area contributed by atoms with E-state index in [-0.39, 0.29) is 11.2 Å². The molecule has 0 radical (unpaired) electrons. The summed E-state index contributed by atoms with van der Waals surface area (Å²) in [6.07, 6.45) is 2.48. The summed E-state index contributed by atoms with van der Waals surface area (Å²) >= 11 is 0. The SMILES string of the molecule is Cc1ccccc1C(=O)CCC(C)(C)CCN. The van der Waals surface area contributed by atoms with Crippen molar-refractivity contribution in [3.8, 4) is 0 Å². The molecule has 17 heavy (non-hydrogen) atoms. The first-order chi connectivity index (χ1) is 7.96. The smallest absolute Gasteiger partial charge is 0.163 e. The fourth-order valence-electron chi connectivity index (χ4n) is 1.99. The van der Waals surface area contributed by atoms with Gasteiger partial charge in [0.2, 0.25) is 0 Å². The molecular weight excluding hydrogens is 210 g/mol. The van der Waals surface area contributed by atoms with Crippen LogP contribution in [0.2, 0.25) is 0 Å². The number of hydrogen-bond donors (Lipinski definition) is 1. The van der Waals surface area contributed by atoms with Crippen molar-refractivity contribution < 1.29 is 4.79 Å². The molecule has 0 saturated carbocycles. The van der Waals surface area contributed by atoms with Gasteiger partial charge in [-0.25, -0.2) is 0 Å². The second kappa shape index (κ2) is 5.97. The maximum absolute atomic E-state index is 12.1. The third-order valence-corrected chi connectivity index (χ3v) is 3.30. The normalized spacial score (nSPS) is 11.5. The van der Waals surface area contributed by atoms with Gasteiger partial charge < -0.3 is 5.73 Å². The zero-order chi connectivity index (χ0) is 12.9. The predicted octanol–water partition coefficient (Wildman–Crippen LogP) is 3.33. The lowest BCUT2D eigenvalue weighted by atomic mass is 9.83. The van der Waals surface area contributed by atoms with Gasteiger partial charge in [-0.2, -0.15) is 0 Å². The predicted molar refractivity (Wildman–Crippen MR) is 72.2 cm³/mol. The Hall–Kier alpha value is -1.15. The Kier molecular flexibility index (Phi) is 4.88. The summed E-state index contributed by atoms with van der Waals surface area (Å²) in [4.78, 5) is 12.1. The monoisotopic (exact) mass is 233 g/mol. The van der Waals surface area contributed by atoms with Gasteiger partial charge in [0, 0.05) is 12.0 Å². The van der Waals surface area contributed by atoms with Gasteiger partial charge >= 0.3 is 0 Å². The van der Waals surface area contributed by atoms with Crippen LogP contribution in [0.4, 0.5) is 0 Å². The molecule has 0 aliphatic rings. The van der Waals surface area contributed by atoms with Crippen LogP contribution in [0.5, 0.6) is 0 Å². The zero-order valence-electron chi connectivity index (χ0n) is 11.1. The Morgan fingerprint density at radius 2 is 1.88 bits per heavy atom. The third kappa shape index (κ3) is 4.31. The van der Waals surface area contributed by atoms with E-state index in [4.69, 9.17) is 5.73 Å². The van der Waals surface area contributed by atoms with E-state index in [0.717, 1.165) is 24.0 Å². The number of carbonyl (C=O) groups excluding carboxylic acids is 1. The molecule has 0 saturated heterocycles. The minimum Gasteiger partial charge on any atom is -0.330 e. The van der Waals surface area contributed by atoms with Crippen LogP contribution in [-0.2, 0) is 0 Å². The summed E-state index contributed by atoms with van der Waals surface area (Å²) in [7, 11) is 0. The van der Waals surface area contributed by atoms with Crippen molar-refractivity contribution in [2.75, 3.05) is 6.54 Å². The molecule has 0 heterocycles. The maximum Gasteiger partial charge on any atom is 0.163 e. The summed E-state index contributed by atoms with van der Waals surface area (Å²) < 4.78 is 0. The molecular formula is C15H23NO. The first-order valence-electron chi connectivity index (χ1n) is 6.25. The highest BCUT2D eigenvalue weighted by molar-refractivity contribution is 5.97. The molecule has 0 aromatic heterocycles. The number of hydrogen-bond acceptors (Lipinski definition) is 2. The van der Waals surface area contributed by atoms with E-state index < -0.39 is 0 Å². The fraction of sp³-hybridized carbons (Fsp3) is 0.533. The van der Waals surface area contributed by atoms with E-state index in [1.165, 1.54) is 0 Å². The molecule has 1 rings (SSSR count). The van der Waals surface area contributed by atoms with Gasteiger partial charge in [0.15, 0.2) is 5.78 Å². The molecule has 0 aliphatic heterocycles. The van der Waals surface area contributed by atoms with Crippen molar-refractivity contribution in [2.45, 2.75) is 40.0 Å². The van der Waals surface area contributed by atoms with Crippen LogP contribution in [0.3, 0.4) is 0 Å². The topological polar surface area (TPSA) is 43.1 Å². The summed E-state index contributed by atoms with van der Waals surface area (Å²) in [5.74, 6) is 0.244. The lowest BCUT2D eigenvalue weighted by molar-refractivity contribution is 0.0961. The van der Waals surface area contributed by atoms with Gasteiger partial charge in [0.25, 0.3) is 0 Å². The molecule has 0 atom stereocenters. The first kappa shape index (κ1) is 13.9. The average Bonchev–Trinajstić information content (AvgIpc) is 2.27. The lowest BCUT2D eigenvalue weighted by Crippen LogP contribution is -2.18. The molecule has 1 aromatic rings. The van der Waals surface area contributed by atoms with Crippen LogP contribution in [0.25, 0.3) is 0 Å². The van der Waals surface area contributed by atoms with Gasteiger partial charge in [-0.3, -0.25) is 4.79 Å². The Bertz CT molecular complexity index is 382. The number of Topliss-reactive ketones (excluding diaryl/α,β-unsaturated/α-hetero) is 1. The van der Waals surface area contributed by atoms with E-state index in [1.54, 1.807) is 0 Å². The van der Waals surface area contributed by atoms with E-state index in [0.29, 0.717) is 13.0 Å². The minimum absolute atomic E-state index is 0.160. The minimum atomic E-state index is 0.160. The van der Waals surface area contributed by atoms with Crippen molar-refractivity contribution in [1.29, 1.82) is 0 Å². The van der Waals surface area contributed by atoms with Gasteiger partial charge in [0.1, 0.15) is 0 Å². The molecule has 1 aromatic carbocycles. The third-order valence-electron chi connectivity index (χ3n) is 3.30. The van der Waals surface area contributed by atoms with E-state index in [1.807, 2.05) is 31.2 Å². The molecule has 0 bridgehead atoms. The number of carbonyl (C=O) groups is 1. The molecule has 2 nitrogen and oxygen atoms in total. The second-order valence-corrected chi connectivity index (χ2v) is 5.44. The van der Waals surface area contributed by atoms with Crippen LogP contribution in [0, 0.1) is 12.3 Å².